The Morgan fingerprint density at radius 1 is 1.63 bits per heavy atom. The van der Waals surface area contributed by atoms with Crippen LogP contribution in [0.15, 0.2) is 17.5 Å². The molecule has 106 valence electrons. The van der Waals surface area contributed by atoms with Crippen molar-refractivity contribution in [2.45, 2.75) is 32.4 Å². The van der Waals surface area contributed by atoms with Crippen molar-refractivity contribution >= 4 is 17.2 Å². The highest BCUT2D eigenvalue weighted by Crippen LogP contribution is 2.26. The van der Waals surface area contributed by atoms with Gasteiger partial charge in [-0.1, -0.05) is 19.9 Å². The molecule has 0 spiro atoms. The van der Waals surface area contributed by atoms with Crippen LogP contribution >= 0.6 is 11.3 Å². The molecule has 0 saturated carbocycles. The fourth-order valence-electron chi connectivity index (χ4n) is 2.34. The van der Waals surface area contributed by atoms with Gasteiger partial charge in [-0.3, -0.25) is 4.79 Å². The van der Waals surface area contributed by atoms with Crippen LogP contribution in [0.1, 0.15) is 31.2 Å². The second-order valence-electron chi connectivity index (χ2n) is 5.40. The van der Waals surface area contributed by atoms with E-state index in [-0.39, 0.29) is 18.1 Å². The molecule has 5 heteroatoms. The summed E-state index contributed by atoms with van der Waals surface area (Å²) < 4.78 is 5.74. The summed E-state index contributed by atoms with van der Waals surface area (Å²) in [7, 11) is 0. The SMILES string of the molecule is CC(C)C[C@H](N)C(=O)N1CCO[C@H](c2cccs2)C1. The van der Waals surface area contributed by atoms with Gasteiger partial charge in [-0.25, -0.2) is 0 Å². The monoisotopic (exact) mass is 282 g/mol. The van der Waals surface area contributed by atoms with E-state index in [4.69, 9.17) is 10.5 Å². The van der Waals surface area contributed by atoms with E-state index in [1.807, 2.05) is 16.3 Å². The van der Waals surface area contributed by atoms with Crippen LogP contribution in [-0.2, 0) is 9.53 Å². The Labute approximate surface area is 118 Å². The molecule has 4 nitrogen and oxygen atoms in total. The Balaban J connectivity index is 1.95. The molecule has 1 fully saturated rings. The number of carbonyl (C=O) groups excluding carboxylic acids is 1. The summed E-state index contributed by atoms with van der Waals surface area (Å²) in [5.74, 6) is 0.492. The normalized spacial score (nSPS) is 21.7. The number of amides is 1. The molecular weight excluding hydrogens is 260 g/mol. The molecule has 1 aliphatic heterocycles. The third-order valence-electron chi connectivity index (χ3n) is 3.28. The molecule has 1 aromatic heterocycles. The van der Waals surface area contributed by atoms with Crippen LogP contribution in [0.25, 0.3) is 0 Å². The zero-order valence-corrected chi connectivity index (χ0v) is 12.4. The minimum Gasteiger partial charge on any atom is -0.369 e. The maximum atomic E-state index is 12.3. The highest BCUT2D eigenvalue weighted by Gasteiger charge is 2.28. The number of morpholine rings is 1. The predicted octanol–water partition coefficient (Wildman–Crippen LogP) is 2.02. The van der Waals surface area contributed by atoms with Crippen molar-refractivity contribution in [3.63, 3.8) is 0 Å². The van der Waals surface area contributed by atoms with E-state index in [2.05, 4.69) is 19.9 Å². The smallest absolute Gasteiger partial charge is 0.239 e. The first-order valence-corrected chi connectivity index (χ1v) is 7.65. The van der Waals surface area contributed by atoms with Crippen LogP contribution < -0.4 is 5.73 Å². The Kier molecular flexibility index (Phi) is 4.96. The largest absolute Gasteiger partial charge is 0.369 e. The van der Waals surface area contributed by atoms with E-state index >= 15 is 0 Å². The lowest BCUT2D eigenvalue weighted by Gasteiger charge is -2.34. The number of ether oxygens (including phenoxy) is 1. The van der Waals surface area contributed by atoms with Gasteiger partial charge in [0.15, 0.2) is 0 Å². The van der Waals surface area contributed by atoms with Crippen molar-refractivity contribution < 1.29 is 9.53 Å². The molecular formula is C14H22N2O2S. The molecule has 0 unspecified atom stereocenters. The van der Waals surface area contributed by atoms with E-state index in [0.717, 1.165) is 6.42 Å². The lowest BCUT2D eigenvalue weighted by molar-refractivity contribution is -0.140. The summed E-state index contributed by atoms with van der Waals surface area (Å²) in [4.78, 5) is 15.3. The first-order valence-electron chi connectivity index (χ1n) is 6.77. The van der Waals surface area contributed by atoms with Gasteiger partial charge in [-0.15, -0.1) is 11.3 Å². The summed E-state index contributed by atoms with van der Waals surface area (Å²) in [6.07, 6.45) is 0.740. The van der Waals surface area contributed by atoms with Crippen LogP contribution in [0.2, 0.25) is 0 Å². The Hall–Kier alpha value is -0.910. The second kappa shape index (κ2) is 6.50. The fraction of sp³-hybridized carbons (Fsp3) is 0.643. The van der Waals surface area contributed by atoms with E-state index in [1.54, 1.807) is 11.3 Å². The number of nitrogens with zero attached hydrogens (tertiary/aromatic N) is 1. The summed E-state index contributed by atoms with van der Waals surface area (Å²) in [6.45, 7) is 6.02. The first-order chi connectivity index (χ1) is 9.08. The number of thiophene rings is 1. The van der Waals surface area contributed by atoms with Gasteiger partial charge in [-0.2, -0.15) is 0 Å². The third kappa shape index (κ3) is 3.78. The van der Waals surface area contributed by atoms with Crippen LogP contribution in [0.4, 0.5) is 0 Å². The minimum absolute atomic E-state index is 0.00366. The van der Waals surface area contributed by atoms with Crippen molar-refractivity contribution in [1.82, 2.24) is 4.90 Å². The van der Waals surface area contributed by atoms with E-state index in [0.29, 0.717) is 25.6 Å². The molecule has 2 rings (SSSR count). The highest BCUT2D eigenvalue weighted by atomic mass is 32.1. The summed E-state index contributed by atoms with van der Waals surface area (Å²) in [5.41, 5.74) is 5.98. The predicted molar refractivity (Wildman–Crippen MR) is 77.0 cm³/mol. The van der Waals surface area contributed by atoms with Crippen LogP contribution in [0, 0.1) is 5.92 Å². The second-order valence-corrected chi connectivity index (χ2v) is 6.37. The molecule has 0 bridgehead atoms. The zero-order valence-electron chi connectivity index (χ0n) is 11.5. The molecule has 1 amide bonds. The fourth-order valence-corrected chi connectivity index (χ4v) is 3.11. The number of carbonyl (C=O) groups is 1. The molecule has 0 aromatic carbocycles. The molecule has 0 radical (unpaired) electrons. The van der Waals surface area contributed by atoms with Gasteiger partial charge in [0.2, 0.25) is 5.91 Å². The molecule has 2 N–H and O–H groups in total. The molecule has 1 aliphatic rings. The van der Waals surface area contributed by atoms with Crippen LogP contribution in [0.3, 0.4) is 0 Å². The molecule has 0 aliphatic carbocycles. The zero-order chi connectivity index (χ0) is 13.8. The van der Waals surface area contributed by atoms with Gasteiger partial charge in [0.25, 0.3) is 0 Å². The average molecular weight is 282 g/mol. The van der Waals surface area contributed by atoms with E-state index in [1.165, 1.54) is 4.88 Å². The van der Waals surface area contributed by atoms with Gasteiger partial charge >= 0.3 is 0 Å². The van der Waals surface area contributed by atoms with Crippen molar-refractivity contribution in [3.8, 4) is 0 Å². The van der Waals surface area contributed by atoms with E-state index < -0.39 is 0 Å². The van der Waals surface area contributed by atoms with Crippen molar-refractivity contribution in [1.29, 1.82) is 0 Å². The quantitative estimate of drug-likeness (QED) is 0.919. The van der Waals surface area contributed by atoms with Crippen LogP contribution in [-0.4, -0.2) is 36.5 Å². The summed E-state index contributed by atoms with van der Waals surface area (Å²) in [5, 5.41) is 2.03. The number of nitrogens with two attached hydrogens (primary N) is 1. The average Bonchev–Trinajstić information content (AvgIpc) is 2.91. The summed E-state index contributed by atoms with van der Waals surface area (Å²) >= 11 is 1.67. The maximum Gasteiger partial charge on any atom is 0.239 e. The maximum absolute atomic E-state index is 12.3. The van der Waals surface area contributed by atoms with Gasteiger partial charge in [0.1, 0.15) is 6.10 Å². The summed E-state index contributed by atoms with van der Waals surface area (Å²) in [6, 6.07) is 3.67. The van der Waals surface area contributed by atoms with E-state index in [9.17, 15) is 4.79 Å². The standard InChI is InChI=1S/C14H22N2O2S/c1-10(2)8-11(15)14(17)16-5-6-18-12(9-16)13-4-3-7-19-13/h3-4,7,10-12H,5-6,8-9,15H2,1-2H3/t11-,12-/m0/s1. The molecule has 1 saturated heterocycles. The highest BCUT2D eigenvalue weighted by molar-refractivity contribution is 7.10. The number of hydrogen-bond acceptors (Lipinski definition) is 4. The van der Waals surface area contributed by atoms with Gasteiger partial charge in [0, 0.05) is 11.4 Å². The lowest BCUT2D eigenvalue weighted by atomic mass is 10.0. The lowest BCUT2D eigenvalue weighted by Crippen LogP contribution is -2.49. The van der Waals surface area contributed by atoms with Crippen LogP contribution in [0.5, 0.6) is 0 Å². The number of rotatable bonds is 4. The molecule has 19 heavy (non-hydrogen) atoms. The third-order valence-corrected chi connectivity index (χ3v) is 4.25. The molecule has 2 heterocycles. The molecule has 1 aromatic rings. The van der Waals surface area contributed by atoms with Crippen molar-refractivity contribution in [2.75, 3.05) is 19.7 Å². The Morgan fingerprint density at radius 2 is 2.42 bits per heavy atom. The number of hydrogen-bond donors (Lipinski definition) is 1. The van der Waals surface area contributed by atoms with Gasteiger partial charge in [0.05, 0.1) is 19.2 Å². The molecule has 2 atom stereocenters. The van der Waals surface area contributed by atoms with Gasteiger partial charge in [-0.05, 0) is 23.8 Å². The Bertz CT molecular complexity index is 406. The topological polar surface area (TPSA) is 55.6 Å². The minimum atomic E-state index is -0.387. The Morgan fingerprint density at radius 3 is 3.05 bits per heavy atom. The van der Waals surface area contributed by atoms with Crippen molar-refractivity contribution in [3.05, 3.63) is 22.4 Å². The van der Waals surface area contributed by atoms with Crippen molar-refractivity contribution in [2.24, 2.45) is 11.7 Å². The first kappa shape index (κ1) is 14.5. The van der Waals surface area contributed by atoms with Gasteiger partial charge < -0.3 is 15.4 Å².